The highest BCUT2D eigenvalue weighted by Gasteiger charge is 2.15. The predicted octanol–water partition coefficient (Wildman–Crippen LogP) is 3.55. The van der Waals surface area contributed by atoms with Crippen molar-refractivity contribution in [2.75, 3.05) is 12.4 Å². The molecule has 2 aromatic heterocycles. The monoisotopic (exact) mass is 349 g/mol. The number of nitrogens with zero attached hydrogens (tertiary/aromatic N) is 2. The Morgan fingerprint density at radius 3 is 2.96 bits per heavy atom. The highest BCUT2D eigenvalue weighted by atomic mass is 35.5. The lowest BCUT2D eigenvalue weighted by Crippen LogP contribution is -2.03. The second-order valence-corrected chi connectivity index (χ2v) is 5.12. The number of benzene rings is 1. The van der Waals surface area contributed by atoms with Crippen molar-refractivity contribution in [1.82, 2.24) is 9.97 Å². The van der Waals surface area contributed by atoms with Crippen LogP contribution in [0.15, 0.2) is 34.9 Å². The first kappa shape index (κ1) is 15.9. The molecule has 0 aliphatic rings. The smallest absolute Gasteiger partial charge is 0.493 e. The van der Waals surface area contributed by atoms with Gasteiger partial charge in [-0.15, -0.1) is 0 Å². The number of carbonyl (C=O) groups is 1. The summed E-state index contributed by atoms with van der Waals surface area (Å²) in [7, 11) is 1.44. The number of methoxy groups -OCH3 is 1. The second kappa shape index (κ2) is 6.63. The zero-order chi connectivity index (χ0) is 17.1. The van der Waals surface area contributed by atoms with Crippen molar-refractivity contribution in [3.63, 3.8) is 0 Å². The summed E-state index contributed by atoms with van der Waals surface area (Å²) < 4.78 is 15.4. The summed E-state index contributed by atoms with van der Waals surface area (Å²) in [6, 6.07) is 6.48. The van der Waals surface area contributed by atoms with E-state index in [1.165, 1.54) is 19.2 Å². The molecule has 2 N–H and O–H groups in total. The minimum atomic E-state index is -1.43. The second-order valence-electron chi connectivity index (χ2n) is 4.68. The van der Waals surface area contributed by atoms with Gasteiger partial charge in [-0.1, -0.05) is 11.6 Å². The van der Waals surface area contributed by atoms with Crippen molar-refractivity contribution in [3.05, 3.63) is 41.2 Å². The molecular formula is C15H12ClN3O5. The summed E-state index contributed by atoms with van der Waals surface area (Å²) >= 11 is 5.90. The van der Waals surface area contributed by atoms with Gasteiger partial charge in [-0.2, -0.15) is 4.98 Å². The fraction of sp³-hybridized carbons (Fsp3) is 0.133. The van der Waals surface area contributed by atoms with E-state index in [-0.39, 0.29) is 11.8 Å². The van der Waals surface area contributed by atoms with Gasteiger partial charge in [-0.3, -0.25) is 4.98 Å². The molecule has 0 bridgehead atoms. The van der Waals surface area contributed by atoms with Crippen LogP contribution in [-0.2, 0) is 6.54 Å². The van der Waals surface area contributed by atoms with Crippen LogP contribution in [0.25, 0.3) is 11.1 Å². The predicted molar refractivity (Wildman–Crippen MR) is 85.8 cm³/mol. The van der Waals surface area contributed by atoms with Gasteiger partial charge in [0.25, 0.3) is 6.01 Å². The first-order valence-electron chi connectivity index (χ1n) is 6.79. The van der Waals surface area contributed by atoms with E-state index in [1.54, 1.807) is 18.3 Å². The average Bonchev–Trinajstić information content (AvgIpc) is 2.94. The molecule has 0 saturated heterocycles. The maximum absolute atomic E-state index is 10.7. The van der Waals surface area contributed by atoms with Gasteiger partial charge in [0.1, 0.15) is 11.3 Å². The van der Waals surface area contributed by atoms with Crippen molar-refractivity contribution >= 4 is 34.9 Å². The van der Waals surface area contributed by atoms with Crippen LogP contribution in [0.1, 0.15) is 5.69 Å². The number of halogens is 1. The van der Waals surface area contributed by atoms with Gasteiger partial charge >= 0.3 is 6.16 Å². The van der Waals surface area contributed by atoms with E-state index < -0.39 is 6.16 Å². The number of rotatable bonds is 5. The number of carboxylic acid groups (broad SMARTS) is 1. The van der Waals surface area contributed by atoms with Crippen LogP contribution in [0.3, 0.4) is 0 Å². The number of nitrogens with one attached hydrogen (secondary N) is 1. The first-order chi connectivity index (χ1) is 11.5. The van der Waals surface area contributed by atoms with E-state index >= 15 is 0 Å². The van der Waals surface area contributed by atoms with E-state index in [0.29, 0.717) is 34.1 Å². The van der Waals surface area contributed by atoms with Gasteiger partial charge in [0.05, 0.1) is 19.3 Å². The molecule has 0 unspecified atom stereocenters. The summed E-state index contributed by atoms with van der Waals surface area (Å²) in [5.41, 5.74) is 1.48. The molecule has 9 heteroatoms. The summed E-state index contributed by atoms with van der Waals surface area (Å²) in [5, 5.41) is 12.3. The lowest BCUT2D eigenvalue weighted by atomic mass is 10.3. The largest absolute Gasteiger partial charge is 0.511 e. The molecule has 0 radical (unpaired) electrons. The van der Waals surface area contributed by atoms with Crippen molar-refractivity contribution in [2.24, 2.45) is 0 Å². The Hall–Kier alpha value is -3.00. The third-order valence-corrected chi connectivity index (χ3v) is 3.29. The molecule has 0 aliphatic heterocycles. The fourth-order valence-corrected chi connectivity index (χ4v) is 2.26. The standard InChI is InChI=1S/C15H12ClN3O5/c1-22-12-6-10(23-15(20)21)5-11-13(12)24-14(19-11)18-7-9-4-8(16)2-3-17-9/h2-6H,7H2,1H3,(H,18,19)(H,20,21). The molecule has 1 aromatic carbocycles. The highest BCUT2D eigenvalue weighted by molar-refractivity contribution is 6.30. The number of anilines is 1. The Bertz CT molecular complexity index is 896. The SMILES string of the molecule is COc1cc(OC(=O)O)cc2nc(NCc3cc(Cl)ccn3)oc12. The fourth-order valence-electron chi connectivity index (χ4n) is 2.08. The Balaban J connectivity index is 1.85. The summed E-state index contributed by atoms with van der Waals surface area (Å²) in [4.78, 5) is 19.1. The van der Waals surface area contributed by atoms with Crippen LogP contribution in [0.2, 0.25) is 5.02 Å². The number of aromatic nitrogens is 2. The van der Waals surface area contributed by atoms with Gasteiger partial charge < -0.3 is 24.3 Å². The Kier molecular flexibility index (Phi) is 4.39. The summed E-state index contributed by atoms with van der Waals surface area (Å²) in [6.45, 7) is 0.355. The lowest BCUT2D eigenvalue weighted by molar-refractivity contribution is 0.144. The molecule has 2 heterocycles. The van der Waals surface area contributed by atoms with Gasteiger partial charge in [0, 0.05) is 23.4 Å². The van der Waals surface area contributed by atoms with E-state index in [9.17, 15) is 4.79 Å². The molecule has 8 nitrogen and oxygen atoms in total. The molecular weight excluding hydrogens is 338 g/mol. The van der Waals surface area contributed by atoms with Crippen molar-refractivity contribution in [3.8, 4) is 11.5 Å². The van der Waals surface area contributed by atoms with E-state index in [0.717, 1.165) is 0 Å². The zero-order valence-electron chi connectivity index (χ0n) is 12.4. The molecule has 0 aliphatic carbocycles. The van der Waals surface area contributed by atoms with Crippen LogP contribution < -0.4 is 14.8 Å². The maximum Gasteiger partial charge on any atom is 0.511 e. The molecule has 124 valence electrons. The number of hydrogen-bond acceptors (Lipinski definition) is 7. The molecule has 3 aromatic rings. The molecule has 0 fully saturated rings. The van der Waals surface area contributed by atoms with Crippen molar-refractivity contribution < 1.29 is 23.8 Å². The highest BCUT2D eigenvalue weighted by Crippen LogP contribution is 2.33. The summed E-state index contributed by atoms with van der Waals surface area (Å²) in [5.74, 6) is 0.397. The van der Waals surface area contributed by atoms with Gasteiger partial charge in [-0.25, -0.2) is 4.79 Å². The Morgan fingerprint density at radius 2 is 2.25 bits per heavy atom. The van der Waals surface area contributed by atoms with Crippen molar-refractivity contribution in [2.45, 2.75) is 6.54 Å². The average molecular weight is 350 g/mol. The molecule has 0 atom stereocenters. The number of pyridine rings is 1. The number of oxazole rings is 1. The van der Waals surface area contributed by atoms with E-state index in [1.807, 2.05) is 0 Å². The zero-order valence-corrected chi connectivity index (χ0v) is 13.2. The van der Waals surface area contributed by atoms with Gasteiger partial charge in [0.15, 0.2) is 11.3 Å². The first-order valence-corrected chi connectivity index (χ1v) is 7.16. The lowest BCUT2D eigenvalue weighted by Gasteiger charge is -2.03. The third-order valence-electron chi connectivity index (χ3n) is 3.05. The topological polar surface area (TPSA) is 107 Å². The number of ether oxygens (including phenoxy) is 2. The number of fused-ring (bicyclic) bond motifs is 1. The quantitative estimate of drug-likeness (QED) is 0.532. The van der Waals surface area contributed by atoms with Crippen molar-refractivity contribution in [1.29, 1.82) is 0 Å². The minimum absolute atomic E-state index is 0.0863. The maximum atomic E-state index is 10.7. The van der Waals surface area contributed by atoms with Crippen LogP contribution in [-0.4, -0.2) is 28.3 Å². The molecule has 0 amide bonds. The van der Waals surface area contributed by atoms with Gasteiger partial charge in [-0.05, 0) is 12.1 Å². The van der Waals surface area contributed by atoms with Crippen LogP contribution in [0.5, 0.6) is 11.5 Å². The third kappa shape index (κ3) is 3.49. The normalized spacial score (nSPS) is 10.6. The van der Waals surface area contributed by atoms with Crippen LogP contribution >= 0.6 is 11.6 Å². The van der Waals surface area contributed by atoms with E-state index in [2.05, 4.69) is 20.0 Å². The molecule has 24 heavy (non-hydrogen) atoms. The Morgan fingerprint density at radius 1 is 1.42 bits per heavy atom. The minimum Gasteiger partial charge on any atom is -0.493 e. The summed E-state index contributed by atoms with van der Waals surface area (Å²) in [6.07, 6.45) is 0.175. The number of hydrogen-bond donors (Lipinski definition) is 2. The van der Waals surface area contributed by atoms with E-state index in [4.69, 9.17) is 25.9 Å². The molecule has 0 spiro atoms. The van der Waals surface area contributed by atoms with Gasteiger partial charge in [0.2, 0.25) is 0 Å². The Labute approximate surface area is 141 Å². The molecule has 0 saturated carbocycles. The van der Waals surface area contributed by atoms with Crippen LogP contribution in [0.4, 0.5) is 10.8 Å². The van der Waals surface area contributed by atoms with Crippen LogP contribution in [0, 0.1) is 0 Å². The molecule has 3 rings (SSSR count).